The van der Waals surface area contributed by atoms with Gasteiger partial charge in [0.05, 0.1) is 43.7 Å². The summed E-state index contributed by atoms with van der Waals surface area (Å²) >= 11 is 1.44. The van der Waals surface area contributed by atoms with Crippen LogP contribution in [0.25, 0.3) is 6.08 Å². The molecule has 9 nitrogen and oxygen atoms in total. The number of aromatic nitrogens is 4. The Labute approximate surface area is 167 Å². The van der Waals surface area contributed by atoms with Gasteiger partial charge in [0.1, 0.15) is 12.7 Å². The first kappa shape index (κ1) is 20.3. The van der Waals surface area contributed by atoms with E-state index in [1.807, 2.05) is 6.26 Å². The van der Waals surface area contributed by atoms with Crippen LogP contribution in [0, 0.1) is 0 Å². The zero-order chi connectivity index (χ0) is 19.8. The third-order valence-electron chi connectivity index (χ3n) is 4.00. The second-order valence-corrected chi connectivity index (χ2v) is 6.82. The van der Waals surface area contributed by atoms with Crippen molar-refractivity contribution in [2.75, 3.05) is 39.7 Å². The molecule has 28 heavy (non-hydrogen) atoms. The molecule has 0 radical (unpaired) electrons. The number of carbonyl (C=O) groups excluding carboxylic acids is 1. The summed E-state index contributed by atoms with van der Waals surface area (Å²) in [6.45, 7) is 2.15. The lowest BCUT2D eigenvalue weighted by molar-refractivity contribution is -0.134. The number of aromatic amines is 1. The van der Waals surface area contributed by atoms with Crippen LogP contribution < -0.4 is 4.74 Å². The Balaban J connectivity index is 1.55. The molecule has 0 aromatic carbocycles. The lowest BCUT2D eigenvalue weighted by Crippen LogP contribution is -2.47. The summed E-state index contributed by atoms with van der Waals surface area (Å²) in [4.78, 5) is 29.7. The molecule has 1 aliphatic rings. The van der Waals surface area contributed by atoms with Crippen molar-refractivity contribution in [1.29, 1.82) is 0 Å². The summed E-state index contributed by atoms with van der Waals surface area (Å²) in [5.74, 6) is 0.398. The number of ether oxygens (including phenoxy) is 3. The average molecular weight is 405 g/mol. The summed E-state index contributed by atoms with van der Waals surface area (Å²) in [5.41, 5.74) is 1.53. The van der Waals surface area contributed by atoms with Gasteiger partial charge in [0.15, 0.2) is 5.16 Å². The summed E-state index contributed by atoms with van der Waals surface area (Å²) < 4.78 is 16.7. The SMILES string of the molecule is COCc1cc(OCC2CN(C(=O)/C=C/c3cnc[nH]3)CCO2)nc(SC)n1. The van der Waals surface area contributed by atoms with Gasteiger partial charge in [0.2, 0.25) is 11.8 Å². The number of nitrogens with zero attached hydrogens (tertiary/aromatic N) is 4. The molecular weight excluding hydrogens is 382 g/mol. The van der Waals surface area contributed by atoms with Crippen molar-refractivity contribution in [3.05, 3.63) is 36.1 Å². The van der Waals surface area contributed by atoms with E-state index in [1.165, 1.54) is 17.8 Å². The monoisotopic (exact) mass is 405 g/mol. The Morgan fingerprint density at radius 2 is 2.39 bits per heavy atom. The average Bonchev–Trinajstić information content (AvgIpc) is 3.24. The molecule has 1 unspecified atom stereocenters. The van der Waals surface area contributed by atoms with Crippen molar-refractivity contribution in [1.82, 2.24) is 24.8 Å². The number of thioether (sulfide) groups is 1. The Kier molecular flexibility index (Phi) is 7.40. The molecule has 2 aromatic rings. The number of rotatable bonds is 8. The van der Waals surface area contributed by atoms with E-state index in [2.05, 4.69) is 19.9 Å². The first-order valence-electron chi connectivity index (χ1n) is 8.78. The van der Waals surface area contributed by atoms with Crippen molar-refractivity contribution in [3.63, 3.8) is 0 Å². The van der Waals surface area contributed by atoms with Gasteiger partial charge in [0.25, 0.3) is 0 Å². The van der Waals surface area contributed by atoms with E-state index in [1.54, 1.807) is 36.7 Å². The Morgan fingerprint density at radius 1 is 1.50 bits per heavy atom. The quantitative estimate of drug-likeness (QED) is 0.399. The van der Waals surface area contributed by atoms with Gasteiger partial charge in [-0.05, 0) is 12.3 Å². The number of amides is 1. The van der Waals surface area contributed by atoms with Gasteiger partial charge in [-0.25, -0.2) is 9.97 Å². The van der Waals surface area contributed by atoms with Crippen LogP contribution >= 0.6 is 11.8 Å². The summed E-state index contributed by atoms with van der Waals surface area (Å²) in [6.07, 6.45) is 8.14. The molecule has 0 saturated carbocycles. The first-order valence-corrected chi connectivity index (χ1v) is 10.0. The lowest BCUT2D eigenvalue weighted by Gasteiger charge is -2.32. The number of imidazole rings is 1. The third kappa shape index (κ3) is 5.78. The molecule has 1 fully saturated rings. The number of hydrogen-bond acceptors (Lipinski definition) is 8. The van der Waals surface area contributed by atoms with E-state index in [9.17, 15) is 4.79 Å². The number of methoxy groups -OCH3 is 1. The van der Waals surface area contributed by atoms with Crippen LogP contribution in [-0.2, 0) is 20.9 Å². The van der Waals surface area contributed by atoms with Gasteiger partial charge >= 0.3 is 0 Å². The molecular formula is C18H23N5O4S. The number of hydrogen-bond donors (Lipinski definition) is 1. The molecule has 0 bridgehead atoms. The molecule has 1 N–H and O–H groups in total. The van der Waals surface area contributed by atoms with E-state index in [0.717, 1.165) is 11.4 Å². The van der Waals surface area contributed by atoms with Crippen LogP contribution in [0.2, 0.25) is 0 Å². The summed E-state index contributed by atoms with van der Waals surface area (Å²) in [6, 6.07) is 1.75. The fourth-order valence-corrected chi connectivity index (χ4v) is 3.05. The van der Waals surface area contributed by atoms with Crippen LogP contribution in [-0.4, -0.2) is 76.5 Å². The maximum Gasteiger partial charge on any atom is 0.246 e. The number of morpholine rings is 1. The molecule has 2 aromatic heterocycles. The maximum atomic E-state index is 12.4. The third-order valence-corrected chi connectivity index (χ3v) is 4.55. The molecule has 1 atom stereocenters. The molecule has 150 valence electrons. The van der Waals surface area contributed by atoms with Crippen LogP contribution in [0.4, 0.5) is 0 Å². The molecule has 1 amide bonds. The van der Waals surface area contributed by atoms with E-state index in [0.29, 0.717) is 43.9 Å². The molecule has 3 rings (SSSR count). The Bertz CT molecular complexity index is 799. The minimum absolute atomic E-state index is 0.0722. The maximum absolute atomic E-state index is 12.4. The molecule has 0 spiro atoms. The highest BCUT2D eigenvalue weighted by molar-refractivity contribution is 7.98. The van der Waals surface area contributed by atoms with E-state index in [-0.39, 0.29) is 12.0 Å². The van der Waals surface area contributed by atoms with Gasteiger partial charge in [-0.1, -0.05) is 11.8 Å². The second-order valence-electron chi connectivity index (χ2n) is 6.05. The fourth-order valence-electron chi connectivity index (χ4n) is 2.66. The number of H-pyrrole nitrogens is 1. The van der Waals surface area contributed by atoms with E-state index < -0.39 is 0 Å². The highest BCUT2D eigenvalue weighted by Crippen LogP contribution is 2.17. The normalized spacial score (nSPS) is 17.2. The molecule has 3 heterocycles. The van der Waals surface area contributed by atoms with Gasteiger partial charge < -0.3 is 24.1 Å². The zero-order valence-corrected chi connectivity index (χ0v) is 16.6. The zero-order valence-electron chi connectivity index (χ0n) is 15.8. The lowest BCUT2D eigenvalue weighted by atomic mass is 10.2. The minimum atomic E-state index is -0.225. The highest BCUT2D eigenvalue weighted by atomic mass is 32.2. The Hall–Kier alpha value is -2.43. The molecule has 1 aliphatic heterocycles. The number of nitrogens with one attached hydrogen (secondary N) is 1. The predicted molar refractivity (Wildman–Crippen MR) is 104 cm³/mol. The van der Waals surface area contributed by atoms with Crippen LogP contribution in [0.1, 0.15) is 11.4 Å². The predicted octanol–water partition coefficient (Wildman–Crippen LogP) is 1.39. The minimum Gasteiger partial charge on any atom is -0.475 e. The molecule has 1 saturated heterocycles. The smallest absolute Gasteiger partial charge is 0.246 e. The van der Waals surface area contributed by atoms with Gasteiger partial charge in [-0.2, -0.15) is 4.98 Å². The van der Waals surface area contributed by atoms with Gasteiger partial charge in [-0.3, -0.25) is 4.79 Å². The topological polar surface area (TPSA) is 102 Å². The van der Waals surface area contributed by atoms with E-state index in [4.69, 9.17) is 14.2 Å². The highest BCUT2D eigenvalue weighted by Gasteiger charge is 2.24. The second kappa shape index (κ2) is 10.2. The van der Waals surface area contributed by atoms with Crippen molar-refractivity contribution >= 4 is 23.7 Å². The molecule has 0 aliphatic carbocycles. The first-order chi connectivity index (χ1) is 13.7. The van der Waals surface area contributed by atoms with Crippen LogP contribution in [0.15, 0.2) is 29.8 Å². The Morgan fingerprint density at radius 3 is 3.14 bits per heavy atom. The van der Waals surface area contributed by atoms with Crippen molar-refractivity contribution < 1.29 is 19.0 Å². The largest absolute Gasteiger partial charge is 0.475 e. The number of carbonyl (C=O) groups is 1. The van der Waals surface area contributed by atoms with Gasteiger partial charge in [-0.15, -0.1) is 0 Å². The fraction of sp³-hybridized carbons (Fsp3) is 0.444. The van der Waals surface area contributed by atoms with Crippen LogP contribution in [0.3, 0.4) is 0 Å². The van der Waals surface area contributed by atoms with Crippen molar-refractivity contribution in [3.8, 4) is 5.88 Å². The van der Waals surface area contributed by atoms with Crippen molar-refractivity contribution in [2.45, 2.75) is 17.9 Å². The van der Waals surface area contributed by atoms with Crippen LogP contribution in [0.5, 0.6) is 5.88 Å². The summed E-state index contributed by atoms with van der Waals surface area (Å²) in [5, 5.41) is 0.620. The van der Waals surface area contributed by atoms with Gasteiger partial charge in [0, 0.05) is 25.8 Å². The summed E-state index contributed by atoms with van der Waals surface area (Å²) in [7, 11) is 1.61. The standard InChI is InChI=1S/C18H23N5O4S/c1-25-10-14-7-16(22-18(21-14)28-2)27-11-15-9-23(5-6-26-15)17(24)4-3-13-8-19-12-20-13/h3-4,7-8,12,15H,5-6,9-11H2,1-2H3,(H,19,20)/b4-3+. The van der Waals surface area contributed by atoms with E-state index >= 15 is 0 Å². The van der Waals surface area contributed by atoms with Crippen molar-refractivity contribution in [2.24, 2.45) is 0 Å². The molecule has 10 heteroatoms.